The van der Waals surface area contributed by atoms with E-state index in [1.165, 1.54) is 0 Å². The van der Waals surface area contributed by atoms with E-state index in [4.69, 9.17) is 4.74 Å². The maximum absolute atomic E-state index is 13.5. The first-order valence-electron chi connectivity index (χ1n) is 7.63. The predicted molar refractivity (Wildman–Crippen MR) is 80.8 cm³/mol. The molecular formula is C16H20F2N2O3. The molecule has 0 unspecified atom stereocenters. The van der Waals surface area contributed by atoms with E-state index in [0.29, 0.717) is 19.7 Å². The van der Waals surface area contributed by atoms with E-state index in [9.17, 15) is 18.4 Å². The van der Waals surface area contributed by atoms with Crippen LogP contribution < -0.4 is 5.32 Å². The van der Waals surface area contributed by atoms with Gasteiger partial charge in [0, 0.05) is 12.6 Å². The molecule has 0 spiro atoms. The largest absolute Gasteiger partial charge is 0.466 e. The molecule has 1 heterocycles. The molecule has 126 valence electrons. The molecule has 1 aromatic rings. The van der Waals surface area contributed by atoms with Crippen LogP contribution in [0.15, 0.2) is 18.2 Å². The minimum atomic E-state index is -0.692. The number of ether oxygens (including phenoxy) is 1. The topological polar surface area (TPSA) is 58.6 Å². The minimum absolute atomic E-state index is 0.0197. The third-order valence-corrected chi connectivity index (χ3v) is 3.70. The van der Waals surface area contributed by atoms with Crippen LogP contribution in [-0.2, 0) is 14.3 Å². The second-order valence-electron chi connectivity index (χ2n) is 5.50. The van der Waals surface area contributed by atoms with Gasteiger partial charge in [-0.1, -0.05) is 0 Å². The summed E-state index contributed by atoms with van der Waals surface area (Å²) in [5, 5.41) is 2.36. The van der Waals surface area contributed by atoms with Crippen molar-refractivity contribution >= 4 is 17.6 Å². The Morgan fingerprint density at radius 1 is 1.39 bits per heavy atom. The van der Waals surface area contributed by atoms with Crippen LogP contribution in [0.5, 0.6) is 0 Å². The van der Waals surface area contributed by atoms with Gasteiger partial charge in [-0.2, -0.15) is 0 Å². The van der Waals surface area contributed by atoms with Crippen molar-refractivity contribution in [2.24, 2.45) is 5.92 Å². The Morgan fingerprint density at radius 2 is 2.17 bits per heavy atom. The third kappa shape index (κ3) is 4.99. The fraction of sp³-hybridized carbons (Fsp3) is 0.500. The van der Waals surface area contributed by atoms with Crippen molar-refractivity contribution < 1.29 is 23.1 Å². The summed E-state index contributed by atoms with van der Waals surface area (Å²) in [5.74, 6) is -2.26. The highest BCUT2D eigenvalue weighted by Crippen LogP contribution is 2.19. The van der Waals surface area contributed by atoms with Crippen LogP contribution >= 0.6 is 0 Å². The summed E-state index contributed by atoms with van der Waals surface area (Å²) in [4.78, 5) is 25.6. The number of esters is 1. The number of benzene rings is 1. The lowest BCUT2D eigenvalue weighted by Gasteiger charge is -2.30. The Morgan fingerprint density at radius 3 is 2.91 bits per heavy atom. The van der Waals surface area contributed by atoms with E-state index < -0.39 is 17.5 Å². The number of piperidine rings is 1. The molecule has 23 heavy (non-hydrogen) atoms. The molecule has 2 rings (SSSR count). The molecule has 1 aliphatic heterocycles. The summed E-state index contributed by atoms with van der Waals surface area (Å²) < 4.78 is 31.6. The maximum atomic E-state index is 13.5. The average molecular weight is 326 g/mol. The van der Waals surface area contributed by atoms with E-state index in [2.05, 4.69) is 5.32 Å². The fourth-order valence-corrected chi connectivity index (χ4v) is 2.64. The molecule has 1 N–H and O–H groups in total. The van der Waals surface area contributed by atoms with Crippen LogP contribution in [0.4, 0.5) is 14.5 Å². The van der Waals surface area contributed by atoms with Crippen molar-refractivity contribution in [2.75, 3.05) is 31.6 Å². The van der Waals surface area contributed by atoms with Crippen molar-refractivity contribution in [2.45, 2.75) is 19.8 Å². The molecule has 0 bridgehead atoms. The molecule has 1 fully saturated rings. The van der Waals surface area contributed by atoms with Crippen LogP contribution in [0.1, 0.15) is 19.8 Å². The molecule has 1 amide bonds. The van der Waals surface area contributed by atoms with Crippen LogP contribution in [0.2, 0.25) is 0 Å². The van der Waals surface area contributed by atoms with Gasteiger partial charge in [0.25, 0.3) is 0 Å². The molecule has 0 radical (unpaired) electrons. The Hall–Kier alpha value is -2.02. The van der Waals surface area contributed by atoms with Crippen molar-refractivity contribution in [3.8, 4) is 0 Å². The van der Waals surface area contributed by atoms with Crippen molar-refractivity contribution in [1.82, 2.24) is 4.90 Å². The van der Waals surface area contributed by atoms with Crippen LogP contribution in [0.3, 0.4) is 0 Å². The number of nitrogens with zero attached hydrogens (tertiary/aromatic N) is 1. The quantitative estimate of drug-likeness (QED) is 0.843. The first kappa shape index (κ1) is 17.3. The number of likely N-dealkylation sites (tertiary alicyclic amines) is 1. The normalized spacial score (nSPS) is 18.5. The van der Waals surface area contributed by atoms with E-state index in [-0.39, 0.29) is 24.1 Å². The van der Waals surface area contributed by atoms with Gasteiger partial charge in [-0.25, -0.2) is 8.78 Å². The fourth-order valence-electron chi connectivity index (χ4n) is 2.64. The minimum Gasteiger partial charge on any atom is -0.466 e. The second-order valence-corrected chi connectivity index (χ2v) is 5.50. The third-order valence-electron chi connectivity index (χ3n) is 3.70. The summed E-state index contributed by atoms with van der Waals surface area (Å²) >= 11 is 0. The molecule has 0 aliphatic carbocycles. The Bertz CT molecular complexity index is 580. The Balaban J connectivity index is 1.89. The van der Waals surface area contributed by atoms with E-state index in [1.807, 2.05) is 4.90 Å². The highest BCUT2D eigenvalue weighted by atomic mass is 19.1. The lowest BCUT2D eigenvalue weighted by Crippen LogP contribution is -2.43. The first-order valence-corrected chi connectivity index (χ1v) is 7.63. The summed E-state index contributed by atoms with van der Waals surface area (Å²) in [5.41, 5.74) is -0.186. The lowest BCUT2D eigenvalue weighted by molar-refractivity contribution is -0.150. The SMILES string of the molecule is CCOC(=O)[C@@H]1CCCN(CC(=O)Nc2cc(F)ccc2F)C1. The summed E-state index contributed by atoms with van der Waals surface area (Å²) in [6.07, 6.45) is 1.51. The number of amides is 1. The van der Waals surface area contributed by atoms with Crippen LogP contribution in [0, 0.1) is 17.6 Å². The van der Waals surface area contributed by atoms with Gasteiger partial charge in [0.05, 0.1) is 24.8 Å². The Kier molecular flexibility index (Phi) is 6.04. The van der Waals surface area contributed by atoms with Gasteiger partial charge < -0.3 is 10.1 Å². The number of carbonyl (C=O) groups is 2. The van der Waals surface area contributed by atoms with Gasteiger partial charge >= 0.3 is 5.97 Å². The van der Waals surface area contributed by atoms with Gasteiger partial charge in [0.2, 0.25) is 5.91 Å². The van der Waals surface area contributed by atoms with Gasteiger partial charge in [0.1, 0.15) is 11.6 Å². The molecule has 1 aromatic carbocycles. The van der Waals surface area contributed by atoms with E-state index in [1.54, 1.807) is 6.92 Å². The van der Waals surface area contributed by atoms with Gasteiger partial charge in [0.15, 0.2) is 0 Å². The standard InChI is InChI=1S/C16H20F2N2O3/c1-2-23-16(22)11-4-3-7-20(9-11)10-15(21)19-14-8-12(17)5-6-13(14)18/h5-6,8,11H,2-4,7,9-10H2,1H3,(H,19,21)/t11-/m1/s1. The molecular weight excluding hydrogens is 306 g/mol. The number of carbonyl (C=O) groups excluding carboxylic acids is 2. The number of nitrogens with one attached hydrogen (secondary N) is 1. The van der Waals surface area contributed by atoms with Gasteiger partial charge in [-0.05, 0) is 38.4 Å². The number of hydrogen-bond acceptors (Lipinski definition) is 4. The van der Waals surface area contributed by atoms with Crippen molar-refractivity contribution in [1.29, 1.82) is 0 Å². The van der Waals surface area contributed by atoms with Crippen molar-refractivity contribution in [3.05, 3.63) is 29.8 Å². The highest BCUT2D eigenvalue weighted by molar-refractivity contribution is 5.92. The molecule has 7 heteroatoms. The first-order chi connectivity index (χ1) is 11.0. The van der Waals surface area contributed by atoms with Gasteiger partial charge in [-0.3, -0.25) is 14.5 Å². The zero-order chi connectivity index (χ0) is 16.8. The number of rotatable bonds is 5. The average Bonchev–Trinajstić information content (AvgIpc) is 2.51. The van der Waals surface area contributed by atoms with Crippen LogP contribution in [-0.4, -0.2) is 43.0 Å². The lowest BCUT2D eigenvalue weighted by atomic mass is 9.98. The Labute approximate surface area is 133 Å². The molecule has 1 saturated heterocycles. The number of hydrogen-bond donors (Lipinski definition) is 1. The second kappa shape index (κ2) is 8.01. The zero-order valence-electron chi connectivity index (χ0n) is 13.0. The maximum Gasteiger partial charge on any atom is 0.310 e. The van der Waals surface area contributed by atoms with E-state index in [0.717, 1.165) is 31.0 Å². The predicted octanol–water partition coefficient (Wildman–Crippen LogP) is 2.18. The van der Waals surface area contributed by atoms with E-state index >= 15 is 0 Å². The van der Waals surface area contributed by atoms with Crippen LogP contribution in [0.25, 0.3) is 0 Å². The monoisotopic (exact) mass is 326 g/mol. The molecule has 1 atom stereocenters. The zero-order valence-corrected chi connectivity index (χ0v) is 13.0. The molecule has 0 saturated carbocycles. The summed E-state index contributed by atoms with van der Waals surface area (Å²) in [6.45, 7) is 3.20. The summed E-state index contributed by atoms with van der Waals surface area (Å²) in [7, 11) is 0. The van der Waals surface area contributed by atoms with Gasteiger partial charge in [-0.15, -0.1) is 0 Å². The number of halogens is 2. The van der Waals surface area contributed by atoms with Crippen molar-refractivity contribution in [3.63, 3.8) is 0 Å². The molecule has 1 aliphatic rings. The highest BCUT2D eigenvalue weighted by Gasteiger charge is 2.27. The smallest absolute Gasteiger partial charge is 0.310 e. The molecule has 0 aromatic heterocycles. The summed E-state index contributed by atoms with van der Waals surface area (Å²) in [6, 6.07) is 2.88. The molecule has 5 nitrogen and oxygen atoms in total. The number of anilines is 1.